The van der Waals surface area contributed by atoms with E-state index in [1.54, 1.807) is 19.2 Å². The topological polar surface area (TPSA) is 95.6 Å². The fraction of sp³-hybridized carbons (Fsp3) is 0.286. The minimum atomic E-state index is -0.00683. The van der Waals surface area contributed by atoms with Crippen LogP contribution in [0.5, 0.6) is 0 Å². The summed E-state index contributed by atoms with van der Waals surface area (Å²) in [6, 6.07) is 17.2. The van der Waals surface area contributed by atoms with Gasteiger partial charge in [-0.15, -0.1) is 0 Å². The van der Waals surface area contributed by atoms with Crippen molar-refractivity contribution in [3.63, 3.8) is 0 Å². The maximum Gasteiger partial charge on any atom is 0.228 e. The molecule has 8 heteroatoms. The molecule has 1 heterocycles. The molecule has 0 radical (unpaired) electrons. The Kier molecular flexibility index (Phi) is 7.61. The number of nitrogens with one attached hydrogen (secondary N) is 2. The van der Waals surface area contributed by atoms with Crippen LogP contribution in [0.25, 0.3) is 11.4 Å². The Morgan fingerprint density at radius 1 is 1.14 bits per heavy atom. The minimum Gasteiger partial charge on any atom is -0.396 e. The molecule has 0 saturated carbocycles. The summed E-state index contributed by atoms with van der Waals surface area (Å²) in [6.45, 7) is 1.21. The number of benzene rings is 2. The Morgan fingerprint density at radius 3 is 2.59 bits per heavy atom. The second-order valence-electron chi connectivity index (χ2n) is 6.44. The Labute approximate surface area is 174 Å². The van der Waals surface area contributed by atoms with Gasteiger partial charge >= 0.3 is 0 Å². The van der Waals surface area contributed by atoms with Crippen LogP contribution >= 0.6 is 11.6 Å². The molecule has 152 valence electrons. The number of aliphatic imine (C=N–C) groups is 1. The molecule has 3 rings (SSSR count). The summed E-state index contributed by atoms with van der Waals surface area (Å²) in [5, 5.41) is 20.8. The first kappa shape index (κ1) is 20.8. The molecule has 3 aromatic rings. The number of aromatic nitrogens is 2. The Balaban J connectivity index is 1.47. The van der Waals surface area contributed by atoms with E-state index in [0.29, 0.717) is 42.2 Å². The summed E-state index contributed by atoms with van der Waals surface area (Å²) in [6.07, 6.45) is 0.559. The standard InChI is InChI=1S/C21H24ClN5O2/c1-23-21(25-13-17(14-28)15-5-3-2-4-6-15)24-12-11-19-26-20(27-29-19)16-7-9-18(22)10-8-16/h2-10,17,28H,11-14H2,1H3,(H2,23,24,25). The third kappa shape index (κ3) is 6.04. The Hall–Kier alpha value is -2.90. The number of aliphatic hydroxyl groups excluding tert-OH is 1. The maximum absolute atomic E-state index is 9.67. The van der Waals surface area contributed by atoms with E-state index in [-0.39, 0.29) is 12.5 Å². The lowest BCUT2D eigenvalue weighted by atomic mass is 10.0. The molecule has 0 aliphatic carbocycles. The predicted octanol–water partition coefficient (Wildman–Crippen LogP) is 2.87. The fourth-order valence-electron chi connectivity index (χ4n) is 2.81. The first-order valence-electron chi connectivity index (χ1n) is 9.38. The molecule has 3 N–H and O–H groups in total. The summed E-state index contributed by atoms with van der Waals surface area (Å²) in [7, 11) is 1.71. The van der Waals surface area contributed by atoms with Gasteiger partial charge in [-0.2, -0.15) is 4.98 Å². The SMILES string of the molecule is CN=C(NCCc1nc(-c2ccc(Cl)cc2)no1)NCC(CO)c1ccccc1. The first-order chi connectivity index (χ1) is 14.2. The molecule has 0 spiro atoms. The highest BCUT2D eigenvalue weighted by molar-refractivity contribution is 6.30. The van der Waals surface area contributed by atoms with Gasteiger partial charge in [0, 0.05) is 43.1 Å². The largest absolute Gasteiger partial charge is 0.396 e. The van der Waals surface area contributed by atoms with Crippen LogP contribution in [0.15, 0.2) is 64.1 Å². The van der Waals surface area contributed by atoms with Crippen LogP contribution in [0.1, 0.15) is 17.4 Å². The lowest BCUT2D eigenvalue weighted by molar-refractivity contribution is 0.265. The van der Waals surface area contributed by atoms with Crippen molar-refractivity contribution in [1.82, 2.24) is 20.8 Å². The molecule has 0 amide bonds. The van der Waals surface area contributed by atoms with Crippen LogP contribution < -0.4 is 10.6 Å². The van der Waals surface area contributed by atoms with Crippen molar-refractivity contribution in [2.24, 2.45) is 4.99 Å². The van der Waals surface area contributed by atoms with E-state index in [0.717, 1.165) is 11.1 Å². The molecule has 1 aromatic heterocycles. The molecule has 0 aliphatic rings. The zero-order valence-electron chi connectivity index (χ0n) is 16.2. The van der Waals surface area contributed by atoms with Crippen molar-refractivity contribution in [3.05, 3.63) is 71.1 Å². The monoisotopic (exact) mass is 413 g/mol. The van der Waals surface area contributed by atoms with Crippen LogP contribution in [0.3, 0.4) is 0 Å². The molecule has 0 bridgehead atoms. The molecule has 0 fully saturated rings. The van der Waals surface area contributed by atoms with E-state index in [2.05, 4.69) is 25.8 Å². The molecule has 0 saturated heterocycles. The van der Waals surface area contributed by atoms with Crippen molar-refractivity contribution >= 4 is 17.6 Å². The second kappa shape index (κ2) is 10.6. The zero-order valence-corrected chi connectivity index (χ0v) is 16.9. The van der Waals surface area contributed by atoms with Crippen LogP contribution in [0.4, 0.5) is 0 Å². The van der Waals surface area contributed by atoms with Gasteiger partial charge in [-0.05, 0) is 29.8 Å². The molecule has 0 aliphatic heterocycles. The van der Waals surface area contributed by atoms with Crippen molar-refractivity contribution in [2.45, 2.75) is 12.3 Å². The summed E-state index contributed by atoms with van der Waals surface area (Å²) in [5.41, 5.74) is 1.93. The lowest BCUT2D eigenvalue weighted by Gasteiger charge is -2.17. The molecule has 7 nitrogen and oxygen atoms in total. The fourth-order valence-corrected chi connectivity index (χ4v) is 2.94. The lowest BCUT2D eigenvalue weighted by Crippen LogP contribution is -2.40. The van der Waals surface area contributed by atoms with E-state index in [4.69, 9.17) is 16.1 Å². The van der Waals surface area contributed by atoms with Gasteiger partial charge in [0.1, 0.15) is 0 Å². The molecule has 2 aromatic carbocycles. The van der Waals surface area contributed by atoms with E-state index in [9.17, 15) is 5.11 Å². The van der Waals surface area contributed by atoms with Gasteiger partial charge < -0.3 is 20.3 Å². The molecular formula is C21H24ClN5O2. The van der Waals surface area contributed by atoms with E-state index in [1.807, 2.05) is 42.5 Å². The van der Waals surface area contributed by atoms with Crippen LogP contribution in [-0.4, -0.2) is 48.0 Å². The normalized spacial score (nSPS) is 12.6. The number of hydrogen-bond acceptors (Lipinski definition) is 5. The minimum absolute atomic E-state index is 0.00683. The summed E-state index contributed by atoms with van der Waals surface area (Å²) < 4.78 is 5.31. The average Bonchev–Trinajstić information content (AvgIpc) is 3.23. The number of hydrogen-bond donors (Lipinski definition) is 3. The predicted molar refractivity (Wildman–Crippen MR) is 114 cm³/mol. The average molecular weight is 414 g/mol. The summed E-state index contributed by atoms with van der Waals surface area (Å²) >= 11 is 5.90. The molecule has 29 heavy (non-hydrogen) atoms. The quantitative estimate of drug-likeness (QED) is 0.388. The summed E-state index contributed by atoms with van der Waals surface area (Å²) in [5.74, 6) is 1.72. The number of guanidine groups is 1. The number of aliphatic hydroxyl groups is 1. The van der Waals surface area contributed by atoms with E-state index < -0.39 is 0 Å². The van der Waals surface area contributed by atoms with Gasteiger partial charge in [0.2, 0.25) is 11.7 Å². The van der Waals surface area contributed by atoms with E-state index in [1.165, 1.54) is 0 Å². The zero-order chi connectivity index (χ0) is 20.5. The maximum atomic E-state index is 9.67. The number of halogens is 1. The Morgan fingerprint density at radius 2 is 1.90 bits per heavy atom. The highest BCUT2D eigenvalue weighted by atomic mass is 35.5. The van der Waals surface area contributed by atoms with Gasteiger partial charge in [-0.3, -0.25) is 4.99 Å². The van der Waals surface area contributed by atoms with E-state index >= 15 is 0 Å². The van der Waals surface area contributed by atoms with Crippen molar-refractivity contribution in [2.75, 3.05) is 26.7 Å². The Bertz CT molecular complexity index is 912. The molecule has 1 unspecified atom stereocenters. The van der Waals surface area contributed by atoms with Crippen molar-refractivity contribution in [3.8, 4) is 11.4 Å². The second-order valence-corrected chi connectivity index (χ2v) is 6.88. The highest BCUT2D eigenvalue weighted by Crippen LogP contribution is 2.18. The van der Waals surface area contributed by atoms with Crippen molar-refractivity contribution in [1.29, 1.82) is 0 Å². The van der Waals surface area contributed by atoms with Crippen LogP contribution in [0, 0.1) is 0 Å². The van der Waals surface area contributed by atoms with Gasteiger partial charge in [0.15, 0.2) is 5.96 Å². The summed E-state index contributed by atoms with van der Waals surface area (Å²) in [4.78, 5) is 8.62. The smallest absolute Gasteiger partial charge is 0.228 e. The third-order valence-corrected chi connectivity index (χ3v) is 4.68. The van der Waals surface area contributed by atoms with Gasteiger partial charge in [-0.1, -0.05) is 47.1 Å². The van der Waals surface area contributed by atoms with Crippen molar-refractivity contribution < 1.29 is 9.63 Å². The first-order valence-corrected chi connectivity index (χ1v) is 9.76. The van der Waals surface area contributed by atoms with Gasteiger partial charge in [0.05, 0.1) is 6.61 Å². The number of rotatable bonds is 8. The van der Waals surface area contributed by atoms with Crippen LogP contribution in [-0.2, 0) is 6.42 Å². The molecular weight excluding hydrogens is 390 g/mol. The van der Waals surface area contributed by atoms with Gasteiger partial charge in [0.25, 0.3) is 0 Å². The third-order valence-electron chi connectivity index (χ3n) is 4.43. The van der Waals surface area contributed by atoms with Crippen LogP contribution in [0.2, 0.25) is 5.02 Å². The number of nitrogens with zero attached hydrogens (tertiary/aromatic N) is 3. The molecule has 1 atom stereocenters. The van der Waals surface area contributed by atoms with Gasteiger partial charge in [-0.25, -0.2) is 0 Å². The highest BCUT2D eigenvalue weighted by Gasteiger charge is 2.12.